The van der Waals surface area contributed by atoms with E-state index in [0.717, 1.165) is 0 Å². The Kier molecular flexibility index (Phi) is 3.54. The Bertz CT molecular complexity index is 429. The van der Waals surface area contributed by atoms with Crippen LogP contribution in [0.25, 0.3) is 0 Å². The van der Waals surface area contributed by atoms with Gasteiger partial charge in [0.05, 0.1) is 18.7 Å². The third-order valence-corrected chi connectivity index (χ3v) is 1.78. The quantitative estimate of drug-likeness (QED) is 0.750. The SMILES string of the molecule is COc1cc(C#N)ccc1OC(C)C#N. The van der Waals surface area contributed by atoms with E-state index in [1.165, 1.54) is 7.11 Å². The molecule has 4 nitrogen and oxygen atoms in total. The van der Waals surface area contributed by atoms with E-state index in [2.05, 4.69) is 0 Å². The van der Waals surface area contributed by atoms with Crippen molar-refractivity contribution in [1.82, 2.24) is 0 Å². The van der Waals surface area contributed by atoms with Gasteiger partial charge in [-0.1, -0.05) is 0 Å². The van der Waals surface area contributed by atoms with E-state index < -0.39 is 6.10 Å². The molecule has 1 aromatic carbocycles. The number of nitriles is 2. The number of benzene rings is 1. The molecule has 0 fully saturated rings. The summed E-state index contributed by atoms with van der Waals surface area (Å²) in [7, 11) is 1.49. The van der Waals surface area contributed by atoms with Crippen molar-refractivity contribution in [2.45, 2.75) is 13.0 Å². The minimum Gasteiger partial charge on any atom is -0.493 e. The maximum absolute atomic E-state index is 8.68. The van der Waals surface area contributed by atoms with E-state index >= 15 is 0 Å². The average Bonchev–Trinajstić information content (AvgIpc) is 2.29. The van der Waals surface area contributed by atoms with Gasteiger partial charge in [-0.2, -0.15) is 10.5 Å². The van der Waals surface area contributed by atoms with Gasteiger partial charge in [0.25, 0.3) is 0 Å². The number of rotatable bonds is 3. The molecular formula is C11H10N2O2. The molecule has 0 radical (unpaired) electrons. The van der Waals surface area contributed by atoms with Crippen molar-refractivity contribution in [2.24, 2.45) is 0 Å². The number of methoxy groups -OCH3 is 1. The fourth-order valence-electron chi connectivity index (χ4n) is 1.05. The Morgan fingerprint density at radius 2 is 2.00 bits per heavy atom. The molecule has 15 heavy (non-hydrogen) atoms. The predicted octanol–water partition coefficient (Wildman–Crippen LogP) is 1.86. The Morgan fingerprint density at radius 1 is 1.27 bits per heavy atom. The Hall–Kier alpha value is -2.20. The lowest BCUT2D eigenvalue weighted by Gasteiger charge is -2.11. The Labute approximate surface area is 88.3 Å². The minimum absolute atomic E-state index is 0.455. The fourth-order valence-corrected chi connectivity index (χ4v) is 1.05. The van der Waals surface area contributed by atoms with Gasteiger partial charge in [0, 0.05) is 6.07 Å². The van der Waals surface area contributed by atoms with E-state index in [4.69, 9.17) is 20.0 Å². The summed E-state index contributed by atoms with van der Waals surface area (Å²) < 4.78 is 10.3. The second kappa shape index (κ2) is 4.88. The average molecular weight is 202 g/mol. The van der Waals surface area contributed by atoms with Gasteiger partial charge >= 0.3 is 0 Å². The molecule has 1 aromatic rings. The largest absolute Gasteiger partial charge is 0.493 e. The van der Waals surface area contributed by atoms with E-state index in [-0.39, 0.29) is 0 Å². The van der Waals surface area contributed by atoms with Crippen LogP contribution in [-0.2, 0) is 0 Å². The maximum Gasteiger partial charge on any atom is 0.181 e. The van der Waals surface area contributed by atoms with Crippen molar-refractivity contribution in [2.75, 3.05) is 7.11 Å². The molecule has 4 heteroatoms. The van der Waals surface area contributed by atoms with Crippen LogP contribution >= 0.6 is 0 Å². The molecule has 0 bridgehead atoms. The molecule has 1 rings (SSSR count). The van der Waals surface area contributed by atoms with Crippen LogP contribution in [0.1, 0.15) is 12.5 Å². The zero-order valence-electron chi connectivity index (χ0n) is 8.52. The lowest BCUT2D eigenvalue weighted by Crippen LogP contribution is -2.09. The van der Waals surface area contributed by atoms with Crippen molar-refractivity contribution in [3.8, 4) is 23.6 Å². The fraction of sp³-hybridized carbons (Fsp3) is 0.273. The Morgan fingerprint density at radius 3 is 2.53 bits per heavy atom. The predicted molar refractivity (Wildman–Crippen MR) is 53.4 cm³/mol. The molecule has 76 valence electrons. The third kappa shape index (κ3) is 2.62. The van der Waals surface area contributed by atoms with Crippen molar-refractivity contribution in [3.05, 3.63) is 23.8 Å². The summed E-state index contributed by atoms with van der Waals surface area (Å²) in [6.07, 6.45) is -0.549. The van der Waals surface area contributed by atoms with E-state index in [1.54, 1.807) is 25.1 Å². The molecule has 0 aliphatic carbocycles. The summed E-state index contributed by atoms with van der Waals surface area (Å²) in [5.41, 5.74) is 0.490. The number of hydrogen-bond donors (Lipinski definition) is 0. The summed E-state index contributed by atoms with van der Waals surface area (Å²) in [5, 5.41) is 17.3. The van der Waals surface area contributed by atoms with Gasteiger partial charge in [0.15, 0.2) is 17.6 Å². The van der Waals surface area contributed by atoms with Crippen molar-refractivity contribution in [1.29, 1.82) is 10.5 Å². The van der Waals surface area contributed by atoms with Crippen LogP contribution in [0.15, 0.2) is 18.2 Å². The van der Waals surface area contributed by atoms with Gasteiger partial charge in [0.2, 0.25) is 0 Å². The second-order valence-corrected chi connectivity index (χ2v) is 2.87. The smallest absolute Gasteiger partial charge is 0.181 e. The summed E-state index contributed by atoms with van der Waals surface area (Å²) in [6.45, 7) is 1.64. The highest BCUT2D eigenvalue weighted by molar-refractivity contribution is 5.46. The summed E-state index contributed by atoms with van der Waals surface area (Å²) in [5.74, 6) is 0.918. The van der Waals surface area contributed by atoms with Crippen LogP contribution in [0.3, 0.4) is 0 Å². The normalized spacial score (nSPS) is 10.9. The topological polar surface area (TPSA) is 66.0 Å². The van der Waals surface area contributed by atoms with Crippen LogP contribution < -0.4 is 9.47 Å². The molecular weight excluding hydrogens is 192 g/mol. The lowest BCUT2D eigenvalue weighted by molar-refractivity contribution is 0.260. The molecule has 0 N–H and O–H groups in total. The minimum atomic E-state index is -0.549. The maximum atomic E-state index is 8.68. The third-order valence-electron chi connectivity index (χ3n) is 1.78. The number of nitrogens with zero attached hydrogens (tertiary/aromatic N) is 2. The van der Waals surface area contributed by atoms with Gasteiger partial charge in [-0.3, -0.25) is 0 Å². The first kappa shape index (κ1) is 10.9. The van der Waals surface area contributed by atoms with Gasteiger partial charge in [-0.15, -0.1) is 0 Å². The number of ether oxygens (including phenoxy) is 2. The van der Waals surface area contributed by atoms with Gasteiger partial charge in [-0.05, 0) is 19.1 Å². The molecule has 0 aliphatic rings. The first-order valence-corrected chi connectivity index (χ1v) is 4.35. The summed E-state index contributed by atoms with van der Waals surface area (Å²) >= 11 is 0. The molecule has 0 saturated heterocycles. The Balaban J connectivity index is 3.00. The van der Waals surface area contributed by atoms with Crippen LogP contribution in [0.2, 0.25) is 0 Å². The monoisotopic (exact) mass is 202 g/mol. The first-order valence-electron chi connectivity index (χ1n) is 4.35. The van der Waals surface area contributed by atoms with Crippen molar-refractivity contribution >= 4 is 0 Å². The van der Waals surface area contributed by atoms with Gasteiger partial charge < -0.3 is 9.47 Å². The van der Waals surface area contributed by atoms with Crippen molar-refractivity contribution < 1.29 is 9.47 Å². The van der Waals surface area contributed by atoms with Crippen LogP contribution in [0.4, 0.5) is 0 Å². The van der Waals surface area contributed by atoms with E-state index in [0.29, 0.717) is 17.1 Å². The molecule has 0 amide bonds. The van der Waals surface area contributed by atoms with Gasteiger partial charge in [0.1, 0.15) is 6.07 Å². The molecule has 0 aliphatic heterocycles. The summed E-state index contributed by atoms with van der Waals surface area (Å²) in [6, 6.07) is 8.74. The zero-order valence-corrected chi connectivity index (χ0v) is 8.52. The molecule has 1 atom stereocenters. The molecule has 0 aromatic heterocycles. The first-order chi connectivity index (χ1) is 7.21. The van der Waals surface area contributed by atoms with Crippen LogP contribution in [0, 0.1) is 22.7 Å². The van der Waals surface area contributed by atoms with Gasteiger partial charge in [-0.25, -0.2) is 0 Å². The molecule has 0 saturated carbocycles. The van der Waals surface area contributed by atoms with Crippen LogP contribution in [0.5, 0.6) is 11.5 Å². The van der Waals surface area contributed by atoms with Crippen LogP contribution in [-0.4, -0.2) is 13.2 Å². The molecule has 1 unspecified atom stereocenters. The lowest BCUT2D eigenvalue weighted by atomic mass is 10.2. The highest BCUT2D eigenvalue weighted by Gasteiger charge is 2.08. The summed E-state index contributed by atoms with van der Waals surface area (Å²) in [4.78, 5) is 0. The molecule has 0 spiro atoms. The standard InChI is InChI=1S/C11H10N2O2/c1-8(6-12)15-10-4-3-9(7-13)5-11(10)14-2/h3-5,8H,1-2H3. The van der Waals surface area contributed by atoms with Crippen molar-refractivity contribution in [3.63, 3.8) is 0 Å². The van der Waals surface area contributed by atoms with E-state index in [9.17, 15) is 0 Å². The molecule has 0 heterocycles. The highest BCUT2D eigenvalue weighted by atomic mass is 16.5. The van der Waals surface area contributed by atoms with E-state index in [1.807, 2.05) is 12.1 Å². The number of hydrogen-bond acceptors (Lipinski definition) is 4. The zero-order chi connectivity index (χ0) is 11.3. The second-order valence-electron chi connectivity index (χ2n) is 2.87. The highest BCUT2D eigenvalue weighted by Crippen LogP contribution is 2.28.